The molecule has 0 aliphatic carbocycles. The molecule has 0 atom stereocenters. The van der Waals surface area contributed by atoms with Crippen molar-refractivity contribution in [3.05, 3.63) is 48.6 Å². The van der Waals surface area contributed by atoms with Crippen LogP contribution in [0.3, 0.4) is 0 Å². The minimum Gasteiger partial charge on any atom is -0.444 e. The third-order valence-corrected chi connectivity index (χ3v) is 3.14. The van der Waals surface area contributed by atoms with Crippen molar-refractivity contribution in [2.45, 2.75) is 0 Å². The number of thiazole rings is 1. The van der Waals surface area contributed by atoms with Gasteiger partial charge in [0, 0.05) is 11.8 Å². The molecular formula is C12H8N2OS. The molecule has 0 amide bonds. The standard InChI is InChI=1S/C12H8N2OS/c1-3-10(12-6-14-8-16-12)4-2-9(1)11-5-13-7-15-11/h1-8H. The minimum absolute atomic E-state index is 0.788. The van der Waals surface area contributed by atoms with Gasteiger partial charge in [0.25, 0.3) is 0 Å². The van der Waals surface area contributed by atoms with E-state index in [1.807, 2.05) is 23.8 Å². The Morgan fingerprint density at radius 3 is 2.38 bits per heavy atom. The normalized spacial score (nSPS) is 10.5. The van der Waals surface area contributed by atoms with Crippen molar-refractivity contribution < 1.29 is 4.42 Å². The van der Waals surface area contributed by atoms with Crippen molar-refractivity contribution >= 4 is 11.3 Å². The molecule has 0 N–H and O–H groups in total. The average Bonchev–Trinajstić information content (AvgIpc) is 3.03. The van der Waals surface area contributed by atoms with Gasteiger partial charge < -0.3 is 4.42 Å². The fourth-order valence-corrected chi connectivity index (χ4v) is 2.14. The molecule has 78 valence electrons. The molecule has 2 heterocycles. The molecule has 3 aromatic rings. The monoisotopic (exact) mass is 228 g/mol. The molecule has 1 aromatic carbocycles. The molecule has 3 nitrogen and oxygen atoms in total. The maximum absolute atomic E-state index is 5.23. The molecule has 0 aliphatic heterocycles. The lowest BCUT2D eigenvalue weighted by Crippen LogP contribution is -1.75. The summed E-state index contributed by atoms with van der Waals surface area (Å²) in [6.07, 6.45) is 5.02. The fraction of sp³-hybridized carbons (Fsp3) is 0. The van der Waals surface area contributed by atoms with Crippen LogP contribution in [0.5, 0.6) is 0 Å². The Labute approximate surface area is 96.4 Å². The van der Waals surface area contributed by atoms with E-state index in [0.717, 1.165) is 11.3 Å². The van der Waals surface area contributed by atoms with Crippen molar-refractivity contribution in [3.63, 3.8) is 0 Å². The van der Waals surface area contributed by atoms with Crippen molar-refractivity contribution in [1.29, 1.82) is 0 Å². The van der Waals surface area contributed by atoms with Gasteiger partial charge in [0.2, 0.25) is 0 Å². The molecular weight excluding hydrogens is 220 g/mol. The van der Waals surface area contributed by atoms with E-state index in [4.69, 9.17) is 4.42 Å². The van der Waals surface area contributed by atoms with Gasteiger partial charge in [0.1, 0.15) is 0 Å². The molecule has 0 unspecified atom stereocenters. The first-order valence-electron chi connectivity index (χ1n) is 4.81. The molecule has 0 saturated carbocycles. The van der Waals surface area contributed by atoms with Crippen LogP contribution in [0.4, 0.5) is 0 Å². The highest BCUT2D eigenvalue weighted by Crippen LogP contribution is 2.26. The smallest absolute Gasteiger partial charge is 0.181 e. The molecule has 0 bridgehead atoms. The lowest BCUT2D eigenvalue weighted by Gasteiger charge is -1.98. The summed E-state index contributed by atoms with van der Waals surface area (Å²) < 4.78 is 5.23. The number of hydrogen-bond donors (Lipinski definition) is 0. The predicted octanol–water partition coefficient (Wildman–Crippen LogP) is 3.47. The van der Waals surface area contributed by atoms with Gasteiger partial charge >= 0.3 is 0 Å². The number of benzene rings is 1. The van der Waals surface area contributed by atoms with E-state index >= 15 is 0 Å². The first-order chi connectivity index (χ1) is 7.93. The van der Waals surface area contributed by atoms with E-state index in [0.29, 0.717) is 0 Å². The maximum Gasteiger partial charge on any atom is 0.181 e. The van der Waals surface area contributed by atoms with E-state index in [9.17, 15) is 0 Å². The third-order valence-electron chi connectivity index (χ3n) is 2.32. The van der Waals surface area contributed by atoms with Gasteiger partial charge in [-0.3, -0.25) is 4.98 Å². The SMILES string of the molecule is c1ncc(-c2ccc(-c3cncs3)cc2)o1. The van der Waals surface area contributed by atoms with E-state index in [1.165, 1.54) is 16.8 Å². The highest BCUT2D eigenvalue weighted by atomic mass is 32.1. The number of rotatable bonds is 2. The van der Waals surface area contributed by atoms with Crippen LogP contribution in [0.2, 0.25) is 0 Å². The molecule has 0 spiro atoms. The van der Waals surface area contributed by atoms with E-state index in [1.54, 1.807) is 17.5 Å². The van der Waals surface area contributed by atoms with Crippen LogP contribution in [0.25, 0.3) is 21.8 Å². The number of oxazole rings is 1. The molecule has 0 fully saturated rings. The van der Waals surface area contributed by atoms with E-state index < -0.39 is 0 Å². The molecule has 0 aliphatic rings. The van der Waals surface area contributed by atoms with Crippen LogP contribution in [-0.2, 0) is 0 Å². The topological polar surface area (TPSA) is 38.9 Å². The van der Waals surface area contributed by atoms with Crippen LogP contribution >= 0.6 is 11.3 Å². The fourth-order valence-electron chi connectivity index (χ4n) is 1.52. The quantitative estimate of drug-likeness (QED) is 0.674. The van der Waals surface area contributed by atoms with Crippen LogP contribution in [0.1, 0.15) is 0 Å². The third kappa shape index (κ3) is 1.63. The van der Waals surface area contributed by atoms with E-state index in [-0.39, 0.29) is 0 Å². The average molecular weight is 228 g/mol. The summed E-state index contributed by atoms with van der Waals surface area (Å²) in [5, 5.41) is 0. The summed E-state index contributed by atoms with van der Waals surface area (Å²) in [7, 11) is 0. The summed E-state index contributed by atoms with van der Waals surface area (Å²) >= 11 is 1.63. The molecule has 4 heteroatoms. The van der Waals surface area contributed by atoms with Gasteiger partial charge in [-0.25, -0.2) is 4.98 Å². The van der Waals surface area contributed by atoms with Gasteiger partial charge in [0.05, 0.1) is 16.6 Å². The second kappa shape index (κ2) is 3.90. The van der Waals surface area contributed by atoms with Crippen molar-refractivity contribution in [1.82, 2.24) is 9.97 Å². The number of nitrogens with zero attached hydrogens (tertiary/aromatic N) is 2. The van der Waals surface area contributed by atoms with Gasteiger partial charge in [-0.05, 0) is 5.56 Å². The van der Waals surface area contributed by atoms with E-state index in [2.05, 4.69) is 22.1 Å². The molecule has 0 radical (unpaired) electrons. The Kier molecular flexibility index (Phi) is 2.27. The highest BCUT2D eigenvalue weighted by Gasteiger charge is 2.03. The largest absolute Gasteiger partial charge is 0.444 e. The Hall–Kier alpha value is -1.94. The second-order valence-electron chi connectivity index (χ2n) is 3.31. The Bertz CT molecular complexity index is 502. The number of hydrogen-bond acceptors (Lipinski definition) is 4. The highest BCUT2D eigenvalue weighted by molar-refractivity contribution is 7.13. The Morgan fingerprint density at radius 1 is 0.938 bits per heavy atom. The summed E-state index contributed by atoms with van der Waals surface area (Å²) in [5.41, 5.74) is 4.04. The van der Waals surface area contributed by atoms with Crippen molar-refractivity contribution in [3.8, 4) is 21.8 Å². The Morgan fingerprint density at radius 2 is 1.75 bits per heavy atom. The summed E-state index contributed by atoms with van der Waals surface area (Å²) in [5.74, 6) is 0.788. The van der Waals surface area contributed by atoms with Crippen LogP contribution in [0.15, 0.2) is 53.0 Å². The van der Waals surface area contributed by atoms with Crippen molar-refractivity contribution in [2.75, 3.05) is 0 Å². The van der Waals surface area contributed by atoms with Crippen LogP contribution < -0.4 is 0 Å². The molecule has 0 saturated heterocycles. The molecule has 16 heavy (non-hydrogen) atoms. The minimum atomic E-state index is 0.788. The maximum atomic E-state index is 5.23. The first kappa shape index (κ1) is 9.30. The predicted molar refractivity (Wildman–Crippen MR) is 63.0 cm³/mol. The van der Waals surface area contributed by atoms with Crippen LogP contribution in [0, 0.1) is 0 Å². The summed E-state index contributed by atoms with van der Waals surface area (Å²) in [4.78, 5) is 9.13. The zero-order valence-electron chi connectivity index (χ0n) is 8.33. The van der Waals surface area contributed by atoms with Gasteiger partial charge in [-0.1, -0.05) is 24.3 Å². The zero-order valence-corrected chi connectivity index (χ0v) is 9.15. The molecule has 3 rings (SSSR count). The Balaban J connectivity index is 1.97. The van der Waals surface area contributed by atoms with Gasteiger partial charge in [-0.2, -0.15) is 0 Å². The van der Waals surface area contributed by atoms with Crippen molar-refractivity contribution in [2.24, 2.45) is 0 Å². The number of aromatic nitrogens is 2. The zero-order chi connectivity index (χ0) is 10.8. The van der Waals surface area contributed by atoms with Crippen LogP contribution in [-0.4, -0.2) is 9.97 Å². The summed E-state index contributed by atoms with van der Waals surface area (Å²) in [6, 6.07) is 8.17. The second-order valence-corrected chi connectivity index (χ2v) is 4.20. The lowest BCUT2D eigenvalue weighted by atomic mass is 10.1. The molecule has 2 aromatic heterocycles. The van der Waals surface area contributed by atoms with Gasteiger partial charge in [-0.15, -0.1) is 11.3 Å². The first-order valence-corrected chi connectivity index (χ1v) is 5.69. The summed E-state index contributed by atoms with van der Waals surface area (Å²) in [6.45, 7) is 0. The lowest BCUT2D eigenvalue weighted by molar-refractivity contribution is 0.572. The van der Waals surface area contributed by atoms with Gasteiger partial charge in [0.15, 0.2) is 12.2 Å².